The zero-order valence-electron chi connectivity index (χ0n) is 6.94. The number of amides is 1. The number of rotatable bonds is 3. The summed E-state index contributed by atoms with van der Waals surface area (Å²) >= 11 is 1.39. The zero-order chi connectivity index (χ0) is 9.84. The molecule has 13 heavy (non-hydrogen) atoms. The van der Waals surface area contributed by atoms with Gasteiger partial charge in [-0.3, -0.25) is 15.3 Å². The quantitative estimate of drug-likeness (QED) is 0.684. The van der Waals surface area contributed by atoms with E-state index in [1.54, 1.807) is 16.8 Å². The molecule has 1 N–H and O–H groups in total. The van der Waals surface area contributed by atoms with Gasteiger partial charge in [-0.05, 0) is 16.8 Å². The Morgan fingerprint density at radius 1 is 1.62 bits per heavy atom. The van der Waals surface area contributed by atoms with Gasteiger partial charge >= 0.3 is 5.97 Å². The van der Waals surface area contributed by atoms with E-state index >= 15 is 0 Å². The van der Waals surface area contributed by atoms with E-state index in [2.05, 4.69) is 4.74 Å². The van der Waals surface area contributed by atoms with Crippen LogP contribution in [-0.2, 0) is 14.3 Å². The maximum absolute atomic E-state index is 10.8. The summed E-state index contributed by atoms with van der Waals surface area (Å²) in [6.07, 6.45) is -1.07. The minimum absolute atomic E-state index is 0.556. The molecule has 69 valence electrons. The van der Waals surface area contributed by atoms with Crippen molar-refractivity contribution in [3.63, 3.8) is 0 Å². The van der Waals surface area contributed by atoms with Crippen LogP contribution in [0.3, 0.4) is 0 Å². The van der Waals surface area contributed by atoms with E-state index in [0.717, 1.165) is 0 Å². The molecule has 1 unspecified atom stereocenters. The molecule has 0 aromatic carbocycles. The molecule has 0 aliphatic carbocycles. The molecule has 5 heteroatoms. The Labute approximate surface area is 79.3 Å². The summed E-state index contributed by atoms with van der Waals surface area (Å²) in [4.78, 5) is 21.4. The van der Waals surface area contributed by atoms with Gasteiger partial charge in [-0.15, -0.1) is 0 Å². The van der Waals surface area contributed by atoms with Crippen LogP contribution in [-0.4, -0.2) is 11.9 Å². The molecule has 0 spiro atoms. The van der Waals surface area contributed by atoms with E-state index in [-0.39, 0.29) is 0 Å². The third-order valence-electron chi connectivity index (χ3n) is 1.37. The van der Waals surface area contributed by atoms with Gasteiger partial charge in [0.25, 0.3) is 5.91 Å². The lowest BCUT2D eigenvalue weighted by Gasteiger charge is -2.10. The lowest BCUT2D eigenvalue weighted by atomic mass is 10.2. The van der Waals surface area contributed by atoms with Crippen molar-refractivity contribution in [3.8, 4) is 0 Å². The molecule has 0 aliphatic rings. The Bertz CT molecular complexity index is 307. The van der Waals surface area contributed by atoms with Crippen molar-refractivity contribution in [2.24, 2.45) is 0 Å². The minimum Gasteiger partial charge on any atom is -0.447 e. The molecule has 0 saturated carbocycles. The fraction of sp³-hybridized carbons (Fsp3) is 0.250. The van der Waals surface area contributed by atoms with Crippen molar-refractivity contribution in [1.82, 2.24) is 5.73 Å². The van der Waals surface area contributed by atoms with Crippen LogP contribution in [0.2, 0.25) is 0 Å². The smallest absolute Gasteiger partial charge is 0.303 e. The predicted molar refractivity (Wildman–Crippen MR) is 46.9 cm³/mol. The molecule has 0 fully saturated rings. The number of thiophene rings is 1. The van der Waals surface area contributed by atoms with Crippen LogP contribution in [0.15, 0.2) is 16.8 Å². The third-order valence-corrected chi connectivity index (χ3v) is 2.07. The highest BCUT2D eigenvalue weighted by molar-refractivity contribution is 7.08. The van der Waals surface area contributed by atoms with Gasteiger partial charge in [0.2, 0.25) is 6.10 Å². The number of esters is 1. The van der Waals surface area contributed by atoms with Crippen molar-refractivity contribution >= 4 is 23.2 Å². The molecular weight excluding hydrogens is 190 g/mol. The number of carbonyl (C=O) groups excluding carboxylic acids is 2. The first-order chi connectivity index (χ1) is 6.11. The molecular formula is C8H8NO3S. The molecule has 0 saturated heterocycles. The van der Waals surface area contributed by atoms with E-state index in [1.807, 2.05) is 0 Å². The summed E-state index contributed by atoms with van der Waals surface area (Å²) in [6, 6.07) is 1.66. The Kier molecular flexibility index (Phi) is 3.02. The molecule has 0 bridgehead atoms. The first kappa shape index (κ1) is 9.73. The number of carbonyl (C=O) groups is 2. The van der Waals surface area contributed by atoms with Crippen LogP contribution in [0, 0.1) is 0 Å². The maximum atomic E-state index is 10.8. The van der Waals surface area contributed by atoms with Crippen molar-refractivity contribution in [3.05, 3.63) is 22.4 Å². The number of hydrogen-bond acceptors (Lipinski definition) is 4. The van der Waals surface area contributed by atoms with Crippen molar-refractivity contribution in [2.45, 2.75) is 13.0 Å². The van der Waals surface area contributed by atoms with Gasteiger partial charge < -0.3 is 4.74 Å². The lowest BCUT2D eigenvalue weighted by molar-refractivity contribution is -0.153. The largest absolute Gasteiger partial charge is 0.447 e. The van der Waals surface area contributed by atoms with Gasteiger partial charge in [0.05, 0.1) is 0 Å². The highest BCUT2D eigenvalue weighted by Gasteiger charge is 2.21. The Balaban J connectivity index is 2.81. The van der Waals surface area contributed by atoms with E-state index in [4.69, 9.17) is 5.73 Å². The van der Waals surface area contributed by atoms with Crippen LogP contribution >= 0.6 is 11.3 Å². The maximum Gasteiger partial charge on any atom is 0.303 e. The molecule has 1 amide bonds. The second-order valence-electron chi connectivity index (χ2n) is 2.41. The zero-order valence-corrected chi connectivity index (χ0v) is 7.76. The molecule has 1 aromatic rings. The predicted octanol–water partition coefficient (Wildman–Crippen LogP) is 1.16. The Morgan fingerprint density at radius 2 is 2.31 bits per heavy atom. The van der Waals surface area contributed by atoms with Crippen LogP contribution in [0.1, 0.15) is 18.6 Å². The molecule has 0 aliphatic heterocycles. The first-order valence-corrected chi connectivity index (χ1v) is 4.50. The van der Waals surface area contributed by atoms with E-state index in [0.29, 0.717) is 5.56 Å². The Hall–Kier alpha value is -1.36. The highest BCUT2D eigenvalue weighted by Crippen LogP contribution is 2.20. The molecule has 1 aromatic heterocycles. The molecule has 1 atom stereocenters. The number of ether oxygens (including phenoxy) is 1. The van der Waals surface area contributed by atoms with Crippen LogP contribution < -0.4 is 5.73 Å². The second-order valence-corrected chi connectivity index (χ2v) is 3.19. The minimum atomic E-state index is -1.07. The van der Waals surface area contributed by atoms with Crippen molar-refractivity contribution < 1.29 is 14.3 Å². The molecule has 1 radical (unpaired) electrons. The molecule has 1 heterocycles. The monoisotopic (exact) mass is 198 g/mol. The van der Waals surface area contributed by atoms with E-state index in [1.165, 1.54) is 18.3 Å². The van der Waals surface area contributed by atoms with Crippen LogP contribution in [0.5, 0.6) is 0 Å². The van der Waals surface area contributed by atoms with E-state index < -0.39 is 18.0 Å². The normalized spacial score (nSPS) is 12.1. The van der Waals surface area contributed by atoms with Crippen LogP contribution in [0.25, 0.3) is 0 Å². The summed E-state index contributed by atoms with van der Waals surface area (Å²) in [6.45, 7) is 1.21. The van der Waals surface area contributed by atoms with Gasteiger partial charge in [-0.2, -0.15) is 11.3 Å². The first-order valence-electron chi connectivity index (χ1n) is 3.56. The summed E-state index contributed by atoms with van der Waals surface area (Å²) in [5.74, 6) is -1.47. The highest BCUT2D eigenvalue weighted by atomic mass is 32.1. The number of hydrogen-bond donors (Lipinski definition) is 0. The van der Waals surface area contributed by atoms with Crippen molar-refractivity contribution in [1.29, 1.82) is 0 Å². The van der Waals surface area contributed by atoms with Crippen molar-refractivity contribution in [2.75, 3.05) is 0 Å². The summed E-state index contributed by atoms with van der Waals surface area (Å²) in [7, 11) is 0. The second kappa shape index (κ2) is 4.04. The van der Waals surface area contributed by atoms with Crippen LogP contribution in [0.4, 0.5) is 0 Å². The molecule has 4 nitrogen and oxygen atoms in total. The van der Waals surface area contributed by atoms with Gasteiger partial charge in [0, 0.05) is 12.5 Å². The average Bonchev–Trinajstić information content (AvgIpc) is 2.50. The van der Waals surface area contributed by atoms with Gasteiger partial charge in [0.1, 0.15) is 0 Å². The Morgan fingerprint density at radius 3 is 2.69 bits per heavy atom. The average molecular weight is 198 g/mol. The van der Waals surface area contributed by atoms with Gasteiger partial charge in [-0.25, -0.2) is 0 Å². The summed E-state index contributed by atoms with van der Waals surface area (Å²) in [5.41, 5.74) is 7.45. The number of nitrogens with one attached hydrogen (secondary N) is 1. The van der Waals surface area contributed by atoms with E-state index in [9.17, 15) is 9.59 Å². The summed E-state index contributed by atoms with van der Waals surface area (Å²) < 4.78 is 4.69. The molecule has 1 rings (SSSR count). The standard InChI is InChI=1S/C8H8NO3S/c1-5(10)12-7(8(9)11)6-2-3-13-4-6/h2-4,7,9H,1H3. The van der Waals surface area contributed by atoms with Gasteiger partial charge in [-0.1, -0.05) is 0 Å². The summed E-state index contributed by atoms with van der Waals surface area (Å²) in [5, 5.41) is 3.44. The third kappa shape index (κ3) is 2.55. The fourth-order valence-electron chi connectivity index (χ4n) is 0.863. The fourth-order valence-corrected chi connectivity index (χ4v) is 1.54. The SMILES string of the molecule is CC(=O)OC(C([NH])=O)c1ccsc1. The topological polar surface area (TPSA) is 67.2 Å². The lowest BCUT2D eigenvalue weighted by Crippen LogP contribution is -2.18. The van der Waals surface area contributed by atoms with Gasteiger partial charge in [0.15, 0.2) is 0 Å².